The van der Waals surface area contributed by atoms with Gasteiger partial charge in [-0.05, 0) is 17.7 Å². The minimum absolute atomic E-state index is 0.0360. The Bertz CT molecular complexity index is 361. The topological polar surface area (TPSA) is 55.6 Å². The van der Waals surface area contributed by atoms with Gasteiger partial charge in [0.25, 0.3) is 0 Å². The van der Waals surface area contributed by atoms with Crippen molar-refractivity contribution in [3.63, 3.8) is 0 Å². The van der Waals surface area contributed by atoms with Crippen LogP contribution < -0.4 is 5.73 Å². The smallest absolute Gasteiger partial charge is 0.409 e. The highest BCUT2D eigenvalue weighted by molar-refractivity contribution is 5.69. The van der Waals surface area contributed by atoms with Gasteiger partial charge in [0.15, 0.2) is 0 Å². The molecule has 1 aliphatic rings. The zero-order valence-electron chi connectivity index (χ0n) is 8.64. The Labute approximate surface area is 88.6 Å². The standard InChI is InChI=1S/C11H14N2O2/c1-13-7-10(15-11(13)14)6-8-2-4-9(12)5-3-8/h2-5,10H,6-7,12H2,1H3. The first-order chi connectivity index (χ1) is 7.15. The van der Waals surface area contributed by atoms with E-state index < -0.39 is 0 Å². The van der Waals surface area contributed by atoms with Crippen LogP contribution in [-0.2, 0) is 11.2 Å². The van der Waals surface area contributed by atoms with Crippen molar-refractivity contribution in [1.82, 2.24) is 4.90 Å². The Kier molecular flexibility index (Phi) is 2.49. The largest absolute Gasteiger partial charge is 0.444 e. The predicted octanol–water partition coefficient (Wildman–Crippen LogP) is 1.26. The number of hydrogen-bond acceptors (Lipinski definition) is 3. The number of likely N-dealkylation sites (N-methyl/N-ethyl adjacent to an activating group) is 1. The van der Waals surface area contributed by atoms with Crippen molar-refractivity contribution in [1.29, 1.82) is 0 Å². The Morgan fingerprint density at radius 3 is 2.67 bits per heavy atom. The number of hydrogen-bond donors (Lipinski definition) is 1. The van der Waals surface area contributed by atoms with Gasteiger partial charge in [0.1, 0.15) is 6.10 Å². The number of carbonyl (C=O) groups is 1. The normalized spacial score (nSPS) is 20.5. The van der Waals surface area contributed by atoms with Crippen LogP contribution in [0.5, 0.6) is 0 Å². The van der Waals surface area contributed by atoms with Crippen LogP contribution in [0.1, 0.15) is 5.56 Å². The van der Waals surface area contributed by atoms with Crippen molar-refractivity contribution in [2.24, 2.45) is 0 Å². The summed E-state index contributed by atoms with van der Waals surface area (Å²) in [6.07, 6.45) is 0.470. The number of cyclic esters (lactones) is 1. The maximum atomic E-state index is 11.1. The summed E-state index contributed by atoms with van der Waals surface area (Å²) in [6.45, 7) is 0.656. The maximum Gasteiger partial charge on any atom is 0.409 e. The molecule has 0 spiro atoms. The maximum absolute atomic E-state index is 11.1. The van der Waals surface area contributed by atoms with Crippen LogP contribution in [0, 0.1) is 0 Å². The molecule has 0 saturated carbocycles. The van der Waals surface area contributed by atoms with Gasteiger partial charge in [0, 0.05) is 19.2 Å². The molecule has 0 aromatic heterocycles. The molecule has 4 nitrogen and oxygen atoms in total. The van der Waals surface area contributed by atoms with Crippen LogP contribution in [-0.4, -0.2) is 30.7 Å². The molecule has 1 fully saturated rings. The number of nitrogen functional groups attached to an aromatic ring is 1. The predicted molar refractivity (Wildman–Crippen MR) is 57.5 cm³/mol. The van der Waals surface area contributed by atoms with Crippen molar-refractivity contribution >= 4 is 11.8 Å². The van der Waals surface area contributed by atoms with Crippen molar-refractivity contribution in [3.05, 3.63) is 29.8 Å². The number of amides is 1. The summed E-state index contributed by atoms with van der Waals surface area (Å²) in [4.78, 5) is 12.7. The van der Waals surface area contributed by atoms with Gasteiger partial charge >= 0.3 is 6.09 Å². The highest BCUT2D eigenvalue weighted by Gasteiger charge is 2.27. The summed E-state index contributed by atoms with van der Waals surface area (Å²) in [7, 11) is 1.74. The van der Waals surface area contributed by atoms with Crippen LogP contribution in [0.4, 0.5) is 10.5 Å². The Morgan fingerprint density at radius 2 is 2.13 bits per heavy atom. The van der Waals surface area contributed by atoms with Crippen LogP contribution in [0.15, 0.2) is 24.3 Å². The van der Waals surface area contributed by atoms with E-state index in [4.69, 9.17) is 10.5 Å². The van der Waals surface area contributed by atoms with E-state index in [1.807, 2.05) is 24.3 Å². The second-order valence-corrected chi connectivity index (χ2v) is 3.83. The Hall–Kier alpha value is -1.71. The molecule has 2 N–H and O–H groups in total. The summed E-state index contributed by atoms with van der Waals surface area (Å²) < 4.78 is 5.16. The highest BCUT2D eigenvalue weighted by Crippen LogP contribution is 2.15. The molecule has 1 aromatic rings. The fraction of sp³-hybridized carbons (Fsp3) is 0.364. The molecule has 2 rings (SSSR count). The summed E-state index contributed by atoms with van der Waals surface area (Å²) in [5.74, 6) is 0. The van der Waals surface area contributed by atoms with Gasteiger partial charge < -0.3 is 15.4 Å². The SMILES string of the molecule is CN1CC(Cc2ccc(N)cc2)OC1=O. The molecule has 0 bridgehead atoms. The molecule has 1 unspecified atom stereocenters. The molecular weight excluding hydrogens is 192 g/mol. The lowest BCUT2D eigenvalue weighted by Gasteiger charge is -2.07. The number of nitrogens with two attached hydrogens (primary N) is 1. The number of ether oxygens (including phenoxy) is 1. The molecule has 80 valence electrons. The van der Waals surface area contributed by atoms with Crippen molar-refractivity contribution in [3.8, 4) is 0 Å². The van der Waals surface area contributed by atoms with Crippen LogP contribution in [0.2, 0.25) is 0 Å². The zero-order chi connectivity index (χ0) is 10.8. The minimum atomic E-state index is -0.240. The van der Waals surface area contributed by atoms with E-state index in [2.05, 4.69) is 0 Å². The molecule has 0 radical (unpaired) electrons. The first-order valence-electron chi connectivity index (χ1n) is 4.91. The van der Waals surface area contributed by atoms with Gasteiger partial charge in [0.2, 0.25) is 0 Å². The molecule has 1 atom stereocenters. The third-order valence-corrected chi connectivity index (χ3v) is 2.50. The van der Waals surface area contributed by atoms with E-state index >= 15 is 0 Å². The van der Waals surface area contributed by atoms with Gasteiger partial charge in [-0.15, -0.1) is 0 Å². The van der Waals surface area contributed by atoms with E-state index in [1.165, 1.54) is 0 Å². The van der Waals surface area contributed by atoms with E-state index in [1.54, 1.807) is 11.9 Å². The van der Waals surface area contributed by atoms with Gasteiger partial charge in [-0.2, -0.15) is 0 Å². The molecule has 15 heavy (non-hydrogen) atoms. The van der Waals surface area contributed by atoms with Crippen LogP contribution >= 0.6 is 0 Å². The number of rotatable bonds is 2. The molecule has 1 saturated heterocycles. The van der Waals surface area contributed by atoms with Crippen LogP contribution in [0.3, 0.4) is 0 Å². The summed E-state index contributed by atoms with van der Waals surface area (Å²) in [6, 6.07) is 7.63. The van der Waals surface area contributed by atoms with Crippen LogP contribution in [0.25, 0.3) is 0 Å². The van der Waals surface area contributed by atoms with Crippen molar-refractivity contribution in [2.45, 2.75) is 12.5 Å². The number of carbonyl (C=O) groups excluding carboxylic acids is 1. The molecular formula is C11H14N2O2. The third-order valence-electron chi connectivity index (χ3n) is 2.50. The zero-order valence-corrected chi connectivity index (χ0v) is 8.64. The number of benzene rings is 1. The Morgan fingerprint density at radius 1 is 1.47 bits per heavy atom. The first kappa shape index (κ1) is 9.83. The monoisotopic (exact) mass is 206 g/mol. The fourth-order valence-electron chi connectivity index (χ4n) is 1.67. The summed E-state index contributed by atoms with van der Waals surface area (Å²) in [5, 5.41) is 0. The molecule has 1 aromatic carbocycles. The molecule has 1 heterocycles. The fourth-order valence-corrected chi connectivity index (χ4v) is 1.67. The Balaban J connectivity index is 1.98. The number of anilines is 1. The van der Waals surface area contributed by atoms with E-state index in [0.29, 0.717) is 6.54 Å². The number of nitrogens with zero attached hydrogens (tertiary/aromatic N) is 1. The van der Waals surface area contributed by atoms with Crippen molar-refractivity contribution in [2.75, 3.05) is 19.3 Å². The average Bonchev–Trinajstić information content (AvgIpc) is 2.50. The third kappa shape index (κ3) is 2.21. The lowest BCUT2D eigenvalue weighted by atomic mass is 10.1. The lowest BCUT2D eigenvalue weighted by molar-refractivity contribution is 0.134. The quantitative estimate of drug-likeness (QED) is 0.741. The van der Waals surface area contributed by atoms with E-state index in [0.717, 1.165) is 17.7 Å². The van der Waals surface area contributed by atoms with Gasteiger partial charge in [-0.1, -0.05) is 12.1 Å². The second kappa shape index (κ2) is 3.81. The first-order valence-corrected chi connectivity index (χ1v) is 4.91. The molecule has 1 aliphatic heterocycles. The average molecular weight is 206 g/mol. The van der Waals surface area contributed by atoms with Crippen molar-refractivity contribution < 1.29 is 9.53 Å². The minimum Gasteiger partial charge on any atom is -0.444 e. The van der Waals surface area contributed by atoms with Gasteiger partial charge in [-0.25, -0.2) is 4.79 Å². The van der Waals surface area contributed by atoms with Gasteiger partial charge in [-0.3, -0.25) is 0 Å². The van der Waals surface area contributed by atoms with E-state index in [9.17, 15) is 4.79 Å². The molecule has 0 aliphatic carbocycles. The molecule has 1 amide bonds. The highest BCUT2D eigenvalue weighted by atomic mass is 16.6. The van der Waals surface area contributed by atoms with E-state index in [-0.39, 0.29) is 12.2 Å². The summed E-state index contributed by atoms with van der Waals surface area (Å²) in [5.41, 5.74) is 7.47. The second-order valence-electron chi connectivity index (χ2n) is 3.83. The van der Waals surface area contributed by atoms with Gasteiger partial charge in [0.05, 0.1) is 6.54 Å². The summed E-state index contributed by atoms with van der Waals surface area (Å²) >= 11 is 0. The lowest BCUT2D eigenvalue weighted by Crippen LogP contribution is -2.20. The molecule has 4 heteroatoms.